The maximum absolute atomic E-state index is 13.8. The summed E-state index contributed by atoms with van der Waals surface area (Å²) in [6.45, 7) is 0. The molecule has 4 aromatic carbocycles. The summed E-state index contributed by atoms with van der Waals surface area (Å²) in [4.78, 5) is 35.3. The summed E-state index contributed by atoms with van der Waals surface area (Å²) in [6.07, 6.45) is 0. The molecule has 6 rings (SSSR count). The molecule has 7 heteroatoms. The van der Waals surface area contributed by atoms with Crippen molar-refractivity contribution in [3.8, 4) is 0 Å². The highest BCUT2D eigenvalue weighted by Gasteiger charge is 2.48. The van der Waals surface area contributed by atoms with Crippen molar-refractivity contribution in [2.24, 2.45) is 0 Å². The Morgan fingerprint density at radius 3 is 2.49 bits per heavy atom. The molecule has 2 heterocycles. The summed E-state index contributed by atoms with van der Waals surface area (Å²) in [6, 6.07) is 25.0. The Hall–Kier alpha value is -4.78. The van der Waals surface area contributed by atoms with Gasteiger partial charge in [0.15, 0.2) is 0 Å². The van der Waals surface area contributed by atoms with E-state index < -0.39 is 23.5 Å². The second-order valence-electron chi connectivity index (χ2n) is 8.33. The molecule has 0 saturated carbocycles. The molecule has 2 N–H and O–H groups in total. The Kier molecular flexibility index (Phi) is 4.70. The zero-order valence-electron chi connectivity index (χ0n) is 18.3. The van der Waals surface area contributed by atoms with Crippen molar-refractivity contribution in [2.75, 3.05) is 4.90 Å². The van der Waals surface area contributed by atoms with Gasteiger partial charge in [0.2, 0.25) is 5.95 Å². The number of aliphatic hydroxyl groups excluding tert-OH is 1. The number of benzene rings is 4. The Morgan fingerprint density at radius 1 is 0.914 bits per heavy atom. The van der Waals surface area contributed by atoms with Gasteiger partial charge in [0.05, 0.1) is 22.6 Å². The number of H-pyrrole nitrogens is 1. The SMILES string of the molecule is O=C1C(=O)N(c2nc3ccc(F)cc3[nH]2)C(c2ccccc2)/C1=C(\O)c1cccc2ccccc12. The van der Waals surface area contributed by atoms with E-state index in [0.717, 1.165) is 10.8 Å². The lowest BCUT2D eigenvalue weighted by atomic mass is 9.93. The minimum Gasteiger partial charge on any atom is -0.507 e. The van der Waals surface area contributed by atoms with E-state index >= 15 is 0 Å². The number of ketones is 1. The van der Waals surface area contributed by atoms with Gasteiger partial charge in [-0.25, -0.2) is 9.37 Å². The lowest BCUT2D eigenvalue weighted by molar-refractivity contribution is -0.132. The largest absolute Gasteiger partial charge is 0.507 e. The summed E-state index contributed by atoms with van der Waals surface area (Å²) in [5.74, 6) is -2.28. The van der Waals surface area contributed by atoms with Gasteiger partial charge in [-0.1, -0.05) is 72.8 Å². The Balaban J connectivity index is 1.60. The molecule has 0 aliphatic carbocycles. The molecule has 1 aliphatic heterocycles. The predicted molar refractivity (Wildman–Crippen MR) is 131 cm³/mol. The van der Waals surface area contributed by atoms with Gasteiger partial charge in [-0.05, 0) is 34.5 Å². The van der Waals surface area contributed by atoms with Crippen LogP contribution in [0.3, 0.4) is 0 Å². The molecule has 35 heavy (non-hydrogen) atoms. The molecule has 1 aromatic heterocycles. The highest BCUT2D eigenvalue weighted by atomic mass is 19.1. The summed E-state index contributed by atoms with van der Waals surface area (Å²) in [7, 11) is 0. The minimum atomic E-state index is -0.930. The molecule has 5 aromatic rings. The molecule has 0 spiro atoms. The molecule has 0 radical (unpaired) electrons. The first-order chi connectivity index (χ1) is 17.0. The maximum atomic E-state index is 13.8. The van der Waals surface area contributed by atoms with Crippen molar-refractivity contribution >= 4 is 45.2 Å². The first kappa shape index (κ1) is 20.8. The summed E-state index contributed by atoms with van der Waals surface area (Å²) in [5, 5.41) is 13.1. The number of aromatic nitrogens is 2. The average molecular weight is 463 g/mol. The van der Waals surface area contributed by atoms with E-state index in [2.05, 4.69) is 9.97 Å². The van der Waals surface area contributed by atoms with Gasteiger partial charge in [-0.15, -0.1) is 0 Å². The molecule has 1 fully saturated rings. The number of halogens is 1. The van der Waals surface area contributed by atoms with E-state index in [4.69, 9.17) is 0 Å². The zero-order chi connectivity index (χ0) is 24.1. The van der Waals surface area contributed by atoms with Crippen molar-refractivity contribution < 1.29 is 19.1 Å². The van der Waals surface area contributed by atoms with Crippen LogP contribution in [0.2, 0.25) is 0 Å². The van der Waals surface area contributed by atoms with Gasteiger partial charge >= 0.3 is 5.91 Å². The number of amides is 1. The first-order valence-corrected chi connectivity index (χ1v) is 11.0. The van der Waals surface area contributed by atoms with Crippen LogP contribution in [0.5, 0.6) is 0 Å². The zero-order valence-corrected chi connectivity index (χ0v) is 18.3. The van der Waals surface area contributed by atoms with Crippen molar-refractivity contribution in [1.82, 2.24) is 9.97 Å². The van der Waals surface area contributed by atoms with Crippen LogP contribution in [0, 0.1) is 5.82 Å². The number of fused-ring (bicyclic) bond motifs is 2. The number of carbonyl (C=O) groups is 2. The van der Waals surface area contributed by atoms with E-state index in [-0.39, 0.29) is 17.3 Å². The van der Waals surface area contributed by atoms with E-state index in [1.54, 1.807) is 36.4 Å². The van der Waals surface area contributed by atoms with Crippen LogP contribution in [-0.2, 0) is 9.59 Å². The number of hydrogen-bond donors (Lipinski definition) is 2. The number of rotatable bonds is 3. The Morgan fingerprint density at radius 2 is 1.66 bits per heavy atom. The fourth-order valence-electron chi connectivity index (χ4n) is 4.66. The molecular formula is C28H18FN3O3. The first-order valence-electron chi connectivity index (χ1n) is 11.0. The van der Waals surface area contributed by atoms with E-state index in [9.17, 15) is 19.1 Å². The fourth-order valence-corrected chi connectivity index (χ4v) is 4.66. The van der Waals surface area contributed by atoms with Crippen molar-refractivity contribution in [3.63, 3.8) is 0 Å². The van der Waals surface area contributed by atoms with Crippen LogP contribution in [-0.4, -0.2) is 26.8 Å². The Labute approximate surface area is 199 Å². The quantitative estimate of drug-likeness (QED) is 0.211. The lowest BCUT2D eigenvalue weighted by Crippen LogP contribution is -2.30. The number of aliphatic hydroxyl groups is 1. The number of aromatic amines is 1. The van der Waals surface area contributed by atoms with Crippen LogP contribution in [0.25, 0.3) is 27.6 Å². The second-order valence-corrected chi connectivity index (χ2v) is 8.33. The number of nitrogens with one attached hydrogen (secondary N) is 1. The Bertz CT molecular complexity index is 1670. The van der Waals surface area contributed by atoms with Gasteiger partial charge in [-0.3, -0.25) is 14.5 Å². The summed E-state index contributed by atoms with van der Waals surface area (Å²) < 4.78 is 13.8. The molecule has 6 nitrogen and oxygen atoms in total. The standard InChI is InChI=1S/C28H18FN3O3/c29-18-13-14-21-22(15-18)31-28(30-21)32-24(17-8-2-1-3-9-17)23(26(34)27(32)35)25(33)20-12-6-10-16-7-4-5-11-19(16)20/h1-15,24,33H,(H,30,31)/b25-23+. The third-order valence-corrected chi connectivity index (χ3v) is 6.26. The number of Topliss-reactive ketones (excluding diaryl/α,β-unsaturated/α-hetero) is 1. The topological polar surface area (TPSA) is 86.3 Å². The summed E-state index contributed by atoms with van der Waals surface area (Å²) >= 11 is 0. The molecule has 170 valence electrons. The monoisotopic (exact) mass is 463 g/mol. The number of carbonyl (C=O) groups excluding carboxylic acids is 2. The lowest BCUT2D eigenvalue weighted by Gasteiger charge is -2.23. The second kappa shape index (κ2) is 7.92. The number of hydrogen-bond acceptors (Lipinski definition) is 4. The molecule has 1 amide bonds. The minimum absolute atomic E-state index is 0.0378. The predicted octanol–water partition coefficient (Wildman–Crippen LogP) is 5.48. The molecular weight excluding hydrogens is 445 g/mol. The third kappa shape index (κ3) is 3.28. The van der Waals surface area contributed by atoms with Crippen molar-refractivity contribution in [3.05, 3.63) is 114 Å². The number of imidazole rings is 1. The number of anilines is 1. The van der Waals surface area contributed by atoms with Crippen LogP contribution < -0.4 is 4.90 Å². The normalized spacial score (nSPS) is 17.5. The van der Waals surface area contributed by atoms with Gasteiger partial charge < -0.3 is 10.1 Å². The fraction of sp³-hybridized carbons (Fsp3) is 0.0357. The highest BCUT2D eigenvalue weighted by Crippen LogP contribution is 2.42. The molecule has 1 aliphatic rings. The smallest absolute Gasteiger partial charge is 0.302 e. The van der Waals surface area contributed by atoms with Gasteiger partial charge in [0.1, 0.15) is 11.6 Å². The van der Waals surface area contributed by atoms with Crippen LogP contribution in [0.1, 0.15) is 17.2 Å². The third-order valence-electron chi connectivity index (χ3n) is 6.26. The average Bonchev–Trinajstić information content (AvgIpc) is 3.41. The van der Waals surface area contributed by atoms with Crippen molar-refractivity contribution in [2.45, 2.75) is 6.04 Å². The number of nitrogens with zero attached hydrogens (tertiary/aromatic N) is 2. The van der Waals surface area contributed by atoms with E-state index in [0.29, 0.717) is 22.2 Å². The summed E-state index contributed by atoms with van der Waals surface area (Å²) in [5.41, 5.74) is 1.88. The van der Waals surface area contributed by atoms with Crippen LogP contribution in [0.15, 0.2) is 96.6 Å². The van der Waals surface area contributed by atoms with Gasteiger partial charge in [-0.2, -0.15) is 0 Å². The maximum Gasteiger partial charge on any atom is 0.302 e. The molecule has 1 saturated heterocycles. The van der Waals surface area contributed by atoms with E-state index in [1.807, 2.05) is 36.4 Å². The molecule has 1 unspecified atom stereocenters. The van der Waals surface area contributed by atoms with E-state index in [1.165, 1.54) is 23.1 Å². The van der Waals surface area contributed by atoms with Crippen molar-refractivity contribution in [1.29, 1.82) is 0 Å². The molecule has 0 bridgehead atoms. The van der Waals surface area contributed by atoms with Gasteiger partial charge in [0, 0.05) is 5.56 Å². The van der Waals surface area contributed by atoms with Crippen LogP contribution in [0.4, 0.5) is 10.3 Å². The van der Waals surface area contributed by atoms with Gasteiger partial charge in [0.25, 0.3) is 5.78 Å². The van der Waals surface area contributed by atoms with Crippen LogP contribution >= 0.6 is 0 Å². The molecule has 1 atom stereocenters. The highest BCUT2D eigenvalue weighted by molar-refractivity contribution is 6.51.